The van der Waals surface area contributed by atoms with E-state index in [1.165, 1.54) is 0 Å². The first-order chi connectivity index (χ1) is 12.7. The maximum Gasteiger partial charge on any atom is 0.227 e. The molecular formula is C22H31ClN2O2. The Balaban J connectivity index is 1.58. The Bertz CT molecular complexity index is 718. The second kappa shape index (κ2) is 7.83. The van der Waals surface area contributed by atoms with Crippen molar-refractivity contribution < 1.29 is 9.59 Å². The number of hydrogen-bond acceptors (Lipinski definition) is 2. The van der Waals surface area contributed by atoms with Crippen molar-refractivity contribution in [3.63, 3.8) is 0 Å². The average molecular weight is 391 g/mol. The van der Waals surface area contributed by atoms with Crippen LogP contribution in [0.5, 0.6) is 0 Å². The van der Waals surface area contributed by atoms with E-state index in [4.69, 9.17) is 11.6 Å². The van der Waals surface area contributed by atoms with Crippen LogP contribution in [-0.2, 0) is 9.59 Å². The van der Waals surface area contributed by atoms with Gasteiger partial charge in [0, 0.05) is 29.7 Å². The van der Waals surface area contributed by atoms with Gasteiger partial charge in [0.2, 0.25) is 11.8 Å². The van der Waals surface area contributed by atoms with Crippen molar-refractivity contribution in [2.24, 2.45) is 17.3 Å². The zero-order valence-electron chi connectivity index (χ0n) is 16.8. The van der Waals surface area contributed by atoms with E-state index in [2.05, 4.69) is 26.1 Å². The first-order valence-corrected chi connectivity index (χ1v) is 10.4. The molecule has 5 heteroatoms. The number of nitrogens with zero attached hydrogens (tertiary/aromatic N) is 1. The monoisotopic (exact) mass is 390 g/mol. The van der Waals surface area contributed by atoms with Gasteiger partial charge in [0.25, 0.3) is 0 Å². The number of halogens is 1. The molecule has 2 aliphatic rings. The number of benzene rings is 1. The Morgan fingerprint density at radius 1 is 1.19 bits per heavy atom. The molecule has 1 heterocycles. The predicted molar refractivity (Wildman–Crippen MR) is 110 cm³/mol. The number of nitrogens with one attached hydrogen (secondary N) is 1. The summed E-state index contributed by atoms with van der Waals surface area (Å²) in [6.07, 6.45) is 4.66. The summed E-state index contributed by atoms with van der Waals surface area (Å²) in [6, 6.07) is 5.80. The number of hydrogen-bond donors (Lipinski definition) is 1. The molecule has 0 bridgehead atoms. The summed E-state index contributed by atoms with van der Waals surface area (Å²) in [5.74, 6) is 0.456. The summed E-state index contributed by atoms with van der Waals surface area (Å²) >= 11 is 6.19. The lowest BCUT2D eigenvalue weighted by Gasteiger charge is -2.37. The summed E-state index contributed by atoms with van der Waals surface area (Å²) in [5.41, 5.74) is 2.03. The van der Waals surface area contributed by atoms with Gasteiger partial charge in [0.05, 0.1) is 5.92 Å². The van der Waals surface area contributed by atoms with E-state index in [1.54, 1.807) is 4.90 Å². The fourth-order valence-corrected chi connectivity index (χ4v) is 4.60. The van der Waals surface area contributed by atoms with Crippen LogP contribution in [0.4, 0.5) is 5.69 Å². The highest BCUT2D eigenvalue weighted by atomic mass is 35.5. The van der Waals surface area contributed by atoms with Crippen LogP contribution in [0, 0.1) is 24.2 Å². The standard InChI is InChI=1S/C22H31ClN2O2/c1-14-18(23)6-5-7-19(14)25-13-15(12-20(25)26)21(27)24-17-10-8-16(9-11-17)22(2,3)4/h5-7,15-17H,8-13H2,1-4H3,(H,24,27)/t15-,16?,17?/m0/s1. The van der Waals surface area contributed by atoms with Crippen LogP contribution in [0.3, 0.4) is 0 Å². The highest BCUT2D eigenvalue weighted by molar-refractivity contribution is 6.31. The minimum absolute atomic E-state index is 0.00282. The molecule has 27 heavy (non-hydrogen) atoms. The fraction of sp³-hybridized carbons (Fsp3) is 0.636. The van der Waals surface area contributed by atoms with Crippen LogP contribution in [-0.4, -0.2) is 24.4 Å². The molecule has 1 saturated heterocycles. The van der Waals surface area contributed by atoms with Gasteiger partial charge in [-0.2, -0.15) is 0 Å². The lowest BCUT2D eigenvalue weighted by atomic mass is 9.71. The molecule has 1 aromatic carbocycles. The molecule has 2 fully saturated rings. The number of anilines is 1. The van der Waals surface area contributed by atoms with Gasteiger partial charge in [0.1, 0.15) is 0 Å². The van der Waals surface area contributed by atoms with E-state index in [0.717, 1.165) is 42.9 Å². The zero-order valence-corrected chi connectivity index (χ0v) is 17.6. The number of carbonyl (C=O) groups excluding carboxylic acids is 2. The molecule has 1 aromatic rings. The van der Waals surface area contributed by atoms with Gasteiger partial charge in [-0.1, -0.05) is 38.4 Å². The van der Waals surface area contributed by atoms with Gasteiger partial charge >= 0.3 is 0 Å². The smallest absolute Gasteiger partial charge is 0.227 e. The normalized spacial score (nSPS) is 26.3. The third-order valence-electron chi connectivity index (χ3n) is 6.32. The summed E-state index contributed by atoms with van der Waals surface area (Å²) in [6.45, 7) is 9.24. The molecule has 148 valence electrons. The molecule has 4 nitrogen and oxygen atoms in total. The van der Waals surface area contributed by atoms with E-state index < -0.39 is 0 Å². The molecule has 1 aliphatic carbocycles. The molecule has 0 spiro atoms. The molecule has 2 amide bonds. The Kier molecular flexibility index (Phi) is 5.85. The van der Waals surface area contributed by atoms with E-state index in [0.29, 0.717) is 17.0 Å². The van der Waals surface area contributed by atoms with Gasteiger partial charge in [-0.15, -0.1) is 0 Å². The first-order valence-electron chi connectivity index (χ1n) is 10.0. The molecule has 0 radical (unpaired) electrons. The van der Waals surface area contributed by atoms with Gasteiger partial charge < -0.3 is 10.2 Å². The molecule has 1 N–H and O–H groups in total. The first kappa shape index (κ1) is 20.2. The molecule has 3 rings (SSSR count). The second-order valence-corrected chi connectivity index (χ2v) is 9.62. The topological polar surface area (TPSA) is 49.4 Å². The van der Waals surface area contributed by atoms with Crippen molar-refractivity contribution in [2.75, 3.05) is 11.4 Å². The lowest BCUT2D eigenvalue weighted by Crippen LogP contribution is -2.42. The van der Waals surface area contributed by atoms with Crippen LogP contribution < -0.4 is 10.2 Å². The summed E-state index contributed by atoms with van der Waals surface area (Å²) in [5, 5.41) is 3.85. The summed E-state index contributed by atoms with van der Waals surface area (Å²) in [4.78, 5) is 27.0. The highest BCUT2D eigenvalue weighted by Gasteiger charge is 2.37. The van der Waals surface area contributed by atoms with Crippen molar-refractivity contribution in [3.05, 3.63) is 28.8 Å². The van der Waals surface area contributed by atoms with E-state index in [1.807, 2.05) is 25.1 Å². The summed E-state index contributed by atoms with van der Waals surface area (Å²) < 4.78 is 0. The van der Waals surface area contributed by atoms with Crippen LogP contribution >= 0.6 is 11.6 Å². The third kappa shape index (κ3) is 4.48. The van der Waals surface area contributed by atoms with E-state index >= 15 is 0 Å². The number of rotatable bonds is 3. The molecule has 1 saturated carbocycles. The Labute approximate surface area is 167 Å². The van der Waals surface area contributed by atoms with Crippen molar-refractivity contribution in [1.29, 1.82) is 0 Å². The minimum Gasteiger partial charge on any atom is -0.353 e. The van der Waals surface area contributed by atoms with Crippen LogP contribution in [0.1, 0.15) is 58.4 Å². The molecule has 0 unspecified atom stereocenters. The van der Waals surface area contributed by atoms with Crippen LogP contribution in [0.2, 0.25) is 5.02 Å². The van der Waals surface area contributed by atoms with Crippen molar-refractivity contribution in [2.45, 2.75) is 65.8 Å². The Hall–Kier alpha value is -1.55. The van der Waals surface area contributed by atoms with E-state index in [9.17, 15) is 9.59 Å². The highest BCUT2D eigenvalue weighted by Crippen LogP contribution is 2.38. The molecule has 0 aromatic heterocycles. The Morgan fingerprint density at radius 3 is 2.48 bits per heavy atom. The van der Waals surface area contributed by atoms with Crippen molar-refractivity contribution in [1.82, 2.24) is 5.32 Å². The van der Waals surface area contributed by atoms with Crippen molar-refractivity contribution >= 4 is 29.1 Å². The van der Waals surface area contributed by atoms with Gasteiger partial charge in [-0.3, -0.25) is 9.59 Å². The van der Waals surface area contributed by atoms with Crippen molar-refractivity contribution in [3.8, 4) is 0 Å². The molecular weight excluding hydrogens is 360 g/mol. The summed E-state index contributed by atoms with van der Waals surface area (Å²) in [7, 11) is 0. The maximum atomic E-state index is 12.8. The Morgan fingerprint density at radius 2 is 1.85 bits per heavy atom. The average Bonchev–Trinajstić information content (AvgIpc) is 2.99. The number of amides is 2. The fourth-order valence-electron chi connectivity index (χ4n) is 4.43. The van der Waals surface area contributed by atoms with E-state index in [-0.39, 0.29) is 30.2 Å². The lowest BCUT2D eigenvalue weighted by molar-refractivity contribution is -0.127. The SMILES string of the molecule is Cc1c(Cl)cccc1N1C[C@@H](C(=O)NC2CCC(C(C)(C)C)CC2)CC1=O. The van der Waals surface area contributed by atoms with Gasteiger partial charge in [-0.05, 0) is 61.6 Å². The van der Waals surface area contributed by atoms with Crippen LogP contribution in [0.15, 0.2) is 18.2 Å². The van der Waals surface area contributed by atoms with Gasteiger partial charge in [-0.25, -0.2) is 0 Å². The third-order valence-corrected chi connectivity index (χ3v) is 6.73. The largest absolute Gasteiger partial charge is 0.353 e. The van der Waals surface area contributed by atoms with Gasteiger partial charge in [0.15, 0.2) is 0 Å². The second-order valence-electron chi connectivity index (χ2n) is 9.21. The molecule has 1 atom stereocenters. The number of carbonyl (C=O) groups is 2. The zero-order chi connectivity index (χ0) is 19.8. The molecule has 1 aliphatic heterocycles. The maximum absolute atomic E-state index is 12.8. The minimum atomic E-state index is -0.281. The quantitative estimate of drug-likeness (QED) is 0.811. The van der Waals surface area contributed by atoms with Crippen LogP contribution in [0.25, 0.3) is 0 Å². The predicted octanol–water partition coefficient (Wildman–Crippen LogP) is 4.72.